The second-order valence-corrected chi connectivity index (χ2v) is 2.48. The van der Waals surface area contributed by atoms with Gasteiger partial charge in [-0.25, -0.2) is 0 Å². The average molecular weight is 216 g/mol. The lowest BCUT2D eigenvalue weighted by molar-refractivity contribution is 0.225. The Morgan fingerprint density at radius 2 is 2.64 bits per heavy atom. The molecule has 3 nitrogen and oxygen atoms in total. The number of nitrogens with zero attached hydrogens (tertiary/aromatic N) is 1. The Morgan fingerprint density at radius 3 is 3.09 bits per heavy atom. The Hall–Kier alpha value is -0.790. The highest BCUT2D eigenvalue weighted by molar-refractivity contribution is 9.08. The van der Waals surface area contributed by atoms with Crippen molar-refractivity contribution in [2.75, 3.05) is 0 Å². The third kappa shape index (κ3) is 1.82. The lowest BCUT2D eigenvalue weighted by Crippen LogP contribution is -1.91. The summed E-state index contributed by atoms with van der Waals surface area (Å²) in [5.74, 6) is 2.78. The molecule has 1 N–H and O–H groups in total. The maximum absolute atomic E-state index is 9.06. The smallest absolute Gasteiger partial charge is 0.160 e. The van der Waals surface area contributed by atoms with Crippen LogP contribution in [0.3, 0.4) is 0 Å². The van der Waals surface area contributed by atoms with Gasteiger partial charge in [0, 0.05) is 6.07 Å². The zero-order chi connectivity index (χ0) is 8.27. The predicted molar refractivity (Wildman–Crippen MR) is 42.9 cm³/mol. The Bertz CT molecular complexity index is 276. The van der Waals surface area contributed by atoms with Crippen molar-refractivity contribution in [1.82, 2.24) is 5.16 Å². The van der Waals surface area contributed by atoms with Gasteiger partial charge in [0.2, 0.25) is 0 Å². The number of hydrogen-bond acceptors (Lipinski definition) is 3. The van der Waals surface area contributed by atoms with E-state index in [4.69, 9.17) is 16.1 Å². The van der Waals surface area contributed by atoms with Crippen LogP contribution in [0.4, 0.5) is 0 Å². The van der Waals surface area contributed by atoms with Gasteiger partial charge in [0.05, 0.1) is 5.33 Å². The summed E-state index contributed by atoms with van der Waals surface area (Å²) in [4.78, 5) is 0. The van der Waals surface area contributed by atoms with Gasteiger partial charge in [0.15, 0.2) is 6.10 Å². The molecule has 1 aromatic rings. The number of terminal acetylenes is 1. The first-order valence-corrected chi connectivity index (χ1v) is 4.05. The van der Waals surface area contributed by atoms with Gasteiger partial charge in [0.25, 0.3) is 0 Å². The van der Waals surface area contributed by atoms with Gasteiger partial charge >= 0.3 is 0 Å². The Labute approximate surface area is 72.5 Å². The number of aliphatic hydroxyl groups excluding tert-OH is 1. The predicted octanol–water partition coefficient (Wildman–Crippen LogP) is 1.24. The first-order chi connectivity index (χ1) is 5.27. The minimum Gasteiger partial charge on any atom is -0.374 e. The van der Waals surface area contributed by atoms with Crippen LogP contribution in [0.1, 0.15) is 17.6 Å². The van der Waals surface area contributed by atoms with E-state index in [9.17, 15) is 0 Å². The maximum Gasteiger partial charge on any atom is 0.160 e. The molecule has 1 heterocycles. The molecule has 0 fully saturated rings. The normalized spacial score (nSPS) is 12.5. The van der Waals surface area contributed by atoms with E-state index in [0.29, 0.717) is 16.8 Å². The molecule has 1 rings (SSSR count). The van der Waals surface area contributed by atoms with E-state index in [-0.39, 0.29) is 0 Å². The highest BCUT2D eigenvalue weighted by Crippen LogP contribution is 2.13. The van der Waals surface area contributed by atoms with Gasteiger partial charge < -0.3 is 9.63 Å². The molecule has 0 spiro atoms. The number of aliphatic hydroxyl groups is 1. The molecule has 0 aromatic carbocycles. The van der Waals surface area contributed by atoms with Crippen LogP contribution in [-0.4, -0.2) is 10.3 Å². The van der Waals surface area contributed by atoms with E-state index in [1.54, 1.807) is 6.07 Å². The highest BCUT2D eigenvalue weighted by Gasteiger charge is 2.09. The summed E-state index contributed by atoms with van der Waals surface area (Å²) >= 11 is 3.17. The molecule has 58 valence electrons. The SMILES string of the molecule is C#CC(O)c1cc(CBr)on1. The molecule has 1 unspecified atom stereocenters. The Morgan fingerprint density at radius 1 is 1.91 bits per heavy atom. The molecule has 0 bridgehead atoms. The minimum absolute atomic E-state index is 0.377. The number of hydrogen-bond donors (Lipinski definition) is 1. The van der Waals surface area contributed by atoms with Crippen molar-refractivity contribution in [2.45, 2.75) is 11.4 Å². The summed E-state index contributed by atoms with van der Waals surface area (Å²) in [7, 11) is 0. The quantitative estimate of drug-likeness (QED) is 0.597. The van der Waals surface area contributed by atoms with Gasteiger partial charge in [0.1, 0.15) is 11.5 Å². The van der Waals surface area contributed by atoms with Gasteiger partial charge in [-0.05, 0) is 0 Å². The van der Waals surface area contributed by atoms with E-state index < -0.39 is 6.10 Å². The van der Waals surface area contributed by atoms with E-state index >= 15 is 0 Å². The first-order valence-electron chi connectivity index (χ1n) is 2.93. The molecule has 0 aliphatic rings. The number of halogens is 1. The van der Waals surface area contributed by atoms with Crippen LogP contribution in [0.15, 0.2) is 10.6 Å². The highest BCUT2D eigenvalue weighted by atomic mass is 79.9. The topological polar surface area (TPSA) is 46.3 Å². The maximum atomic E-state index is 9.06. The van der Waals surface area contributed by atoms with Crippen molar-refractivity contribution < 1.29 is 9.63 Å². The number of rotatable bonds is 2. The van der Waals surface area contributed by atoms with Crippen LogP contribution in [0.25, 0.3) is 0 Å². The van der Waals surface area contributed by atoms with Crippen LogP contribution in [-0.2, 0) is 5.33 Å². The second-order valence-electron chi connectivity index (χ2n) is 1.92. The molecule has 0 saturated carbocycles. The van der Waals surface area contributed by atoms with Gasteiger partial charge in [-0.15, -0.1) is 6.42 Å². The fourth-order valence-electron chi connectivity index (χ4n) is 0.606. The zero-order valence-corrected chi connectivity index (χ0v) is 7.21. The summed E-state index contributed by atoms with van der Waals surface area (Å²) in [5.41, 5.74) is 0.377. The Balaban J connectivity index is 2.82. The molecule has 1 atom stereocenters. The van der Waals surface area contributed by atoms with E-state index in [0.717, 1.165) is 0 Å². The van der Waals surface area contributed by atoms with Gasteiger partial charge in [-0.1, -0.05) is 27.0 Å². The number of alkyl halides is 1. The molecule has 0 aliphatic carbocycles. The van der Waals surface area contributed by atoms with Crippen molar-refractivity contribution in [3.8, 4) is 12.3 Å². The molecule has 11 heavy (non-hydrogen) atoms. The van der Waals surface area contributed by atoms with Crippen LogP contribution in [0.2, 0.25) is 0 Å². The molecule has 0 amide bonds. The molecule has 0 aliphatic heterocycles. The van der Waals surface area contributed by atoms with Crippen molar-refractivity contribution in [2.24, 2.45) is 0 Å². The van der Waals surface area contributed by atoms with E-state index in [2.05, 4.69) is 27.0 Å². The lowest BCUT2D eigenvalue weighted by atomic mass is 10.2. The van der Waals surface area contributed by atoms with Crippen LogP contribution in [0.5, 0.6) is 0 Å². The summed E-state index contributed by atoms with van der Waals surface area (Å²) < 4.78 is 4.78. The van der Waals surface area contributed by atoms with Gasteiger partial charge in [-0.2, -0.15) is 0 Å². The molecule has 4 heteroatoms. The summed E-state index contributed by atoms with van der Waals surface area (Å²) in [6, 6.07) is 1.61. The summed E-state index contributed by atoms with van der Waals surface area (Å²) in [5, 5.41) is 13.2. The monoisotopic (exact) mass is 215 g/mol. The molecule has 1 aromatic heterocycles. The second kappa shape index (κ2) is 3.56. The fraction of sp³-hybridized carbons (Fsp3) is 0.286. The summed E-state index contributed by atoms with van der Waals surface area (Å²) in [6.07, 6.45) is 4.00. The largest absolute Gasteiger partial charge is 0.374 e. The van der Waals surface area contributed by atoms with E-state index in [1.807, 2.05) is 0 Å². The third-order valence-corrected chi connectivity index (χ3v) is 1.70. The van der Waals surface area contributed by atoms with Gasteiger partial charge in [-0.3, -0.25) is 0 Å². The Kier molecular flexibility index (Phi) is 2.69. The lowest BCUT2D eigenvalue weighted by Gasteiger charge is -1.92. The average Bonchev–Trinajstić information content (AvgIpc) is 2.50. The molecular weight excluding hydrogens is 210 g/mol. The van der Waals surface area contributed by atoms with Crippen LogP contribution in [0, 0.1) is 12.3 Å². The van der Waals surface area contributed by atoms with Crippen molar-refractivity contribution in [1.29, 1.82) is 0 Å². The number of aromatic nitrogens is 1. The third-order valence-electron chi connectivity index (χ3n) is 1.15. The van der Waals surface area contributed by atoms with Crippen LogP contribution < -0.4 is 0 Å². The fourth-order valence-corrected chi connectivity index (χ4v) is 0.870. The van der Waals surface area contributed by atoms with Crippen molar-refractivity contribution in [3.63, 3.8) is 0 Å². The van der Waals surface area contributed by atoms with Crippen LogP contribution >= 0.6 is 15.9 Å². The van der Waals surface area contributed by atoms with Crippen molar-refractivity contribution >= 4 is 15.9 Å². The molecular formula is C7H6BrNO2. The molecule has 0 saturated heterocycles. The molecule has 0 radical (unpaired) electrons. The first kappa shape index (κ1) is 8.31. The standard InChI is InChI=1S/C7H6BrNO2/c1-2-7(10)6-3-5(4-8)11-9-6/h1,3,7,10H,4H2. The van der Waals surface area contributed by atoms with Crippen molar-refractivity contribution in [3.05, 3.63) is 17.5 Å². The van der Waals surface area contributed by atoms with E-state index in [1.165, 1.54) is 0 Å². The minimum atomic E-state index is -0.966. The summed E-state index contributed by atoms with van der Waals surface area (Å²) in [6.45, 7) is 0. The zero-order valence-electron chi connectivity index (χ0n) is 5.62.